The van der Waals surface area contributed by atoms with Crippen molar-refractivity contribution in [3.8, 4) is 0 Å². The first-order valence-corrected chi connectivity index (χ1v) is 11.4. The van der Waals surface area contributed by atoms with Crippen LogP contribution >= 0.6 is 0 Å². The third-order valence-electron chi connectivity index (χ3n) is 6.32. The predicted octanol–water partition coefficient (Wildman–Crippen LogP) is 5.30. The van der Waals surface area contributed by atoms with Gasteiger partial charge in [0, 0.05) is 44.0 Å². The lowest BCUT2D eigenvalue weighted by molar-refractivity contribution is 0.0600. The number of hydrogen-bond acceptors (Lipinski definition) is 4. The Kier molecular flexibility index (Phi) is 6.23. The number of benzene rings is 2. The Morgan fingerprint density at radius 3 is 2.65 bits per heavy atom. The van der Waals surface area contributed by atoms with Crippen molar-refractivity contribution in [3.63, 3.8) is 0 Å². The van der Waals surface area contributed by atoms with E-state index in [-0.39, 0.29) is 11.8 Å². The van der Waals surface area contributed by atoms with Gasteiger partial charge in [-0.15, -0.1) is 0 Å². The fourth-order valence-electron chi connectivity index (χ4n) is 4.55. The van der Waals surface area contributed by atoms with Crippen LogP contribution in [0.25, 0.3) is 16.6 Å². The minimum Gasteiger partial charge on any atom is -0.465 e. The highest BCUT2D eigenvalue weighted by atomic mass is 19.1. The Hall–Kier alpha value is -3.77. The molecule has 0 fully saturated rings. The van der Waals surface area contributed by atoms with Gasteiger partial charge < -0.3 is 9.30 Å². The van der Waals surface area contributed by atoms with Gasteiger partial charge >= 0.3 is 5.97 Å². The van der Waals surface area contributed by atoms with E-state index in [1.54, 1.807) is 24.3 Å². The van der Waals surface area contributed by atoms with Crippen LogP contribution < -0.4 is 0 Å². The molecule has 1 aliphatic rings. The fraction of sp³-hybridized carbons (Fsp3) is 0.214. The molecule has 0 atom stereocenters. The summed E-state index contributed by atoms with van der Waals surface area (Å²) < 4.78 is 20.4. The molecule has 1 aliphatic heterocycles. The first kappa shape index (κ1) is 22.0. The van der Waals surface area contributed by atoms with Crippen LogP contribution in [0, 0.1) is 5.82 Å². The summed E-state index contributed by atoms with van der Waals surface area (Å²) in [7, 11) is 1.38. The maximum Gasteiger partial charge on any atom is 0.337 e. The van der Waals surface area contributed by atoms with Crippen molar-refractivity contribution in [1.29, 1.82) is 0 Å². The van der Waals surface area contributed by atoms with Crippen molar-refractivity contribution in [2.45, 2.75) is 19.5 Å². The third-order valence-corrected chi connectivity index (χ3v) is 6.32. The summed E-state index contributed by atoms with van der Waals surface area (Å²) in [5.74, 6) is -0.520. The van der Waals surface area contributed by atoms with Gasteiger partial charge in [0.15, 0.2) is 0 Å². The second-order valence-corrected chi connectivity index (χ2v) is 8.57. The zero-order chi connectivity index (χ0) is 23.5. The number of esters is 1. The van der Waals surface area contributed by atoms with Crippen molar-refractivity contribution >= 4 is 22.6 Å². The van der Waals surface area contributed by atoms with Gasteiger partial charge in [0.1, 0.15) is 11.5 Å². The van der Waals surface area contributed by atoms with Crippen LogP contribution in [0.4, 0.5) is 4.39 Å². The van der Waals surface area contributed by atoms with Gasteiger partial charge in [-0.2, -0.15) is 0 Å². The molecule has 0 saturated carbocycles. The summed E-state index contributed by atoms with van der Waals surface area (Å²) in [6.07, 6.45) is 7.15. The first-order chi connectivity index (χ1) is 16.6. The Labute approximate surface area is 198 Å². The zero-order valence-electron chi connectivity index (χ0n) is 19.1. The van der Waals surface area contributed by atoms with E-state index < -0.39 is 0 Å². The number of rotatable bonds is 6. The Morgan fingerprint density at radius 2 is 1.91 bits per heavy atom. The molecule has 2 aromatic carbocycles. The van der Waals surface area contributed by atoms with E-state index in [0.29, 0.717) is 12.1 Å². The van der Waals surface area contributed by atoms with Crippen LogP contribution in [0.3, 0.4) is 0 Å². The number of carbonyl (C=O) groups is 1. The first-order valence-electron chi connectivity index (χ1n) is 11.4. The van der Waals surface area contributed by atoms with Crippen molar-refractivity contribution in [3.05, 3.63) is 107 Å². The molecule has 0 spiro atoms. The summed E-state index contributed by atoms with van der Waals surface area (Å²) in [6.45, 7) is 3.18. The molecule has 0 N–H and O–H groups in total. The van der Waals surface area contributed by atoms with Crippen LogP contribution in [0.1, 0.15) is 33.5 Å². The zero-order valence-corrected chi connectivity index (χ0v) is 19.1. The molecule has 3 heterocycles. The lowest BCUT2D eigenvalue weighted by atomic mass is 9.97. The molecule has 0 bridgehead atoms. The van der Waals surface area contributed by atoms with Gasteiger partial charge in [0.05, 0.1) is 12.7 Å². The highest BCUT2D eigenvalue weighted by molar-refractivity contribution is 5.91. The van der Waals surface area contributed by atoms with Crippen LogP contribution in [0.5, 0.6) is 0 Å². The number of methoxy groups -OCH3 is 1. The molecule has 0 radical (unpaired) electrons. The summed E-state index contributed by atoms with van der Waals surface area (Å²) in [5.41, 5.74) is 6.11. The molecule has 5 nitrogen and oxygen atoms in total. The highest BCUT2D eigenvalue weighted by Crippen LogP contribution is 2.29. The number of carbonyl (C=O) groups excluding carboxylic acids is 1. The van der Waals surface area contributed by atoms with Crippen LogP contribution in [0.2, 0.25) is 0 Å². The second kappa shape index (κ2) is 9.61. The van der Waals surface area contributed by atoms with E-state index in [4.69, 9.17) is 4.74 Å². The van der Waals surface area contributed by atoms with Crippen LogP contribution in [-0.4, -0.2) is 40.6 Å². The molecule has 0 amide bonds. The van der Waals surface area contributed by atoms with Gasteiger partial charge in [-0.25, -0.2) is 14.2 Å². The maximum atomic E-state index is 13.5. The molecule has 0 saturated heterocycles. The molecule has 34 heavy (non-hydrogen) atoms. The smallest absolute Gasteiger partial charge is 0.337 e. The van der Waals surface area contributed by atoms with E-state index in [9.17, 15) is 9.18 Å². The largest absolute Gasteiger partial charge is 0.465 e. The van der Waals surface area contributed by atoms with Gasteiger partial charge in [0.2, 0.25) is 0 Å². The SMILES string of the molecule is COC(=O)c1ccc(Cn2ccc3c(C4=CCN(Cc5cccc(F)c5)CC4)ccnc32)cc1. The third kappa shape index (κ3) is 4.63. The molecule has 4 aromatic rings. The molecular formula is C28H26FN3O2. The van der Waals surface area contributed by atoms with Gasteiger partial charge in [-0.05, 0) is 65.1 Å². The highest BCUT2D eigenvalue weighted by Gasteiger charge is 2.17. The molecule has 6 heteroatoms. The molecule has 172 valence electrons. The minimum absolute atomic E-state index is 0.186. The normalized spacial score (nSPS) is 14.2. The summed E-state index contributed by atoms with van der Waals surface area (Å²) in [4.78, 5) is 18.6. The van der Waals surface area contributed by atoms with E-state index in [0.717, 1.165) is 48.2 Å². The Bertz CT molecular complexity index is 1360. The monoisotopic (exact) mass is 455 g/mol. The van der Waals surface area contributed by atoms with E-state index >= 15 is 0 Å². The van der Waals surface area contributed by atoms with Crippen molar-refractivity contribution in [2.24, 2.45) is 0 Å². The Morgan fingerprint density at radius 1 is 1.06 bits per heavy atom. The fourth-order valence-corrected chi connectivity index (χ4v) is 4.55. The van der Waals surface area contributed by atoms with E-state index in [1.807, 2.05) is 24.4 Å². The number of pyridine rings is 1. The van der Waals surface area contributed by atoms with E-state index in [1.165, 1.54) is 24.3 Å². The maximum absolute atomic E-state index is 13.5. The lowest BCUT2D eigenvalue weighted by Gasteiger charge is -2.26. The topological polar surface area (TPSA) is 47.4 Å². The number of ether oxygens (including phenoxy) is 1. The van der Waals surface area contributed by atoms with Gasteiger partial charge in [-0.3, -0.25) is 4.90 Å². The number of hydrogen-bond donors (Lipinski definition) is 0. The summed E-state index contributed by atoms with van der Waals surface area (Å²) in [6, 6.07) is 18.5. The number of aromatic nitrogens is 2. The van der Waals surface area contributed by atoms with Crippen molar-refractivity contribution < 1.29 is 13.9 Å². The summed E-state index contributed by atoms with van der Waals surface area (Å²) in [5, 5.41) is 1.14. The molecule has 0 aliphatic carbocycles. The Balaban J connectivity index is 1.32. The average molecular weight is 456 g/mol. The number of halogens is 1. The second-order valence-electron chi connectivity index (χ2n) is 8.57. The lowest BCUT2D eigenvalue weighted by Crippen LogP contribution is -2.28. The average Bonchev–Trinajstić information content (AvgIpc) is 3.27. The number of fused-ring (bicyclic) bond motifs is 1. The van der Waals surface area contributed by atoms with Crippen molar-refractivity contribution in [2.75, 3.05) is 20.2 Å². The summed E-state index contributed by atoms with van der Waals surface area (Å²) >= 11 is 0. The standard InChI is InChI=1S/C28H26FN3O2/c1-34-28(33)23-7-5-20(6-8-23)19-32-16-12-26-25(9-13-30-27(26)32)22-10-14-31(15-11-22)18-21-3-2-4-24(29)17-21/h2-10,12-13,16-17H,11,14-15,18-19H2,1H3. The van der Waals surface area contributed by atoms with Crippen LogP contribution in [-0.2, 0) is 17.8 Å². The molecule has 2 aromatic heterocycles. The number of nitrogens with zero attached hydrogens (tertiary/aromatic N) is 3. The van der Waals surface area contributed by atoms with Crippen LogP contribution in [0.15, 0.2) is 79.1 Å². The van der Waals surface area contributed by atoms with Gasteiger partial charge in [-0.1, -0.05) is 30.3 Å². The van der Waals surface area contributed by atoms with E-state index in [2.05, 4.69) is 38.9 Å². The van der Waals surface area contributed by atoms with Crippen molar-refractivity contribution in [1.82, 2.24) is 14.5 Å². The molecule has 5 rings (SSSR count). The predicted molar refractivity (Wildman–Crippen MR) is 131 cm³/mol. The quantitative estimate of drug-likeness (QED) is 0.370. The minimum atomic E-state index is -0.334. The molecular weight excluding hydrogens is 429 g/mol. The van der Waals surface area contributed by atoms with Gasteiger partial charge in [0.25, 0.3) is 0 Å². The molecule has 0 unspecified atom stereocenters.